The van der Waals surface area contributed by atoms with E-state index in [1.807, 2.05) is 30.3 Å². The standard InChI is InChI=1S/C9H8O.C4H4O4/c1-2-6-9-8(4-1)5-3-7-10-9;5-3(6)1-2-4(7)8/h1-6H,7H2;1-2H,(H,5,6)(H,7,8). The first-order valence-corrected chi connectivity index (χ1v) is 5.12. The normalized spacial score (nSPS) is 12.0. The Kier molecular flexibility index (Phi) is 5.18. The van der Waals surface area contributed by atoms with Crippen LogP contribution in [0.15, 0.2) is 42.5 Å². The van der Waals surface area contributed by atoms with Gasteiger partial charge in [0.05, 0.1) is 0 Å². The van der Waals surface area contributed by atoms with Crippen molar-refractivity contribution in [1.29, 1.82) is 0 Å². The average molecular weight is 248 g/mol. The molecule has 5 nitrogen and oxygen atoms in total. The maximum Gasteiger partial charge on any atom is 0.328 e. The molecule has 0 aliphatic carbocycles. The van der Waals surface area contributed by atoms with Gasteiger partial charge in [0.2, 0.25) is 0 Å². The van der Waals surface area contributed by atoms with E-state index >= 15 is 0 Å². The van der Waals surface area contributed by atoms with E-state index in [4.69, 9.17) is 14.9 Å². The highest BCUT2D eigenvalue weighted by atomic mass is 16.5. The van der Waals surface area contributed by atoms with E-state index in [2.05, 4.69) is 6.08 Å². The average Bonchev–Trinajstić information content (AvgIpc) is 2.37. The van der Waals surface area contributed by atoms with Crippen molar-refractivity contribution in [2.75, 3.05) is 6.61 Å². The van der Waals surface area contributed by atoms with Crippen molar-refractivity contribution in [1.82, 2.24) is 0 Å². The topological polar surface area (TPSA) is 83.8 Å². The fourth-order valence-electron chi connectivity index (χ4n) is 1.21. The van der Waals surface area contributed by atoms with Gasteiger partial charge in [-0.2, -0.15) is 0 Å². The van der Waals surface area contributed by atoms with Gasteiger partial charge in [0.15, 0.2) is 0 Å². The molecule has 0 atom stereocenters. The molecule has 0 bridgehead atoms. The van der Waals surface area contributed by atoms with Gasteiger partial charge in [0, 0.05) is 17.7 Å². The number of carbonyl (C=O) groups is 2. The minimum Gasteiger partial charge on any atom is -0.489 e. The molecule has 1 aliphatic heterocycles. The zero-order valence-corrected chi connectivity index (χ0v) is 9.45. The van der Waals surface area contributed by atoms with E-state index < -0.39 is 11.9 Å². The zero-order chi connectivity index (χ0) is 13.4. The van der Waals surface area contributed by atoms with E-state index in [1.54, 1.807) is 0 Å². The summed E-state index contributed by atoms with van der Waals surface area (Å²) in [5.41, 5.74) is 1.17. The summed E-state index contributed by atoms with van der Waals surface area (Å²) in [7, 11) is 0. The summed E-state index contributed by atoms with van der Waals surface area (Å²) in [6.07, 6.45) is 5.21. The molecular formula is C13H12O5. The molecule has 18 heavy (non-hydrogen) atoms. The molecule has 1 heterocycles. The number of ether oxygens (including phenoxy) is 1. The summed E-state index contributed by atoms with van der Waals surface area (Å²) >= 11 is 0. The van der Waals surface area contributed by atoms with E-state index in [0.717, 1.165) is 5.75 Å². The Labute approximate surface area is 104 Å². The fraction of sp³-hybridized carbons (Fsp3) is 0.0769. The predicted molar refractivity (Wildman–Crippen MR) is 65.4 cm³/mol. The van der Waals surface area contributed by atoms with Crippen LogP contribution < -0.4 is 4.74 Å². The lowest BCUT2D eigenvalue weighted by molar-refractivity contribution is -0.134. The largest absolute Gasteiger partial charge is 0.489 e. The highest BCUT2D eigenvalue weighted by molar-refractivity contribution is 5.89. The molecule has 0 saturated carbocycles. The van der Waals surface area contributed by atoms with Crippen molar-refractivity contribution in [2.24, 2.45) is 0 Å². The number of carboxylic acids is 2. The number of rotatable bonds is 2. The molecule has 0 aromatic heterocycles. The van der Waals surface area contributed by atoms with Crippen LogP contribution in [0.2, 0.25) is 0 Å². The van der Waals surface area contributed by atoms with Crippen LogP contribution >= 0.6 is 0 Å². The molecule has 1 aromatic carbocycles. The molecule has 0 unspecified atom stereocenters. The molecule has 0 saturated heterocycles. The summed E-state index contributed by atoms with van der Waals surface area (Å²) in [5.74, 6) is -1.52. The van der Waals surface area contributed by atoms with Crippen molar-refractivity contribution in [3.05, 3.63) is 48.1 Å². The van der Waals surface area contributed by atoms with Gasteiger partial charge in [0.25, 0.3) is 0 Å². The zero-order valence-electron chi connectivity index (χ0n) is 9.45. The van der Waals surface area contributed by atoms with Gasteiger partial charge < -0.3 is 14.9 Å². The Morgan fingerprint density at radius 2 is 1.72 bits per heavy atom. The number of para-hydroxylation sites is 1. The third-order valence-corrected chi connectivity index (χ3v) is 1.92. The lowest BCUT2D eigenvalue weighted by Crippen LogP contribution is -1.98. The molecule has 0 radical (unpaired) electrons. The Balaban J connectivity index is 0.000000187. The van der Waals surface area contributed by atoms with Crippen LogP contribution in [-0.4, -0.2) is 28.8 Å². The molecule has 94 valence electrons. The van der Waals surface area contributed by atoms with E-state index in [0.29, 0.717) is 18.8 Å². The summed E-state index contributed by atoms with van der Waals surface area (Å²) in [6.45, 7) is 0.705. The Hall–Kier alpha value is -2.56. The number of aliphatic carboxylic acids is 2. The van der Waals surface area contributed by atoms with Gasteiger partial charge in [-0.15, -0.1) is 0 Å². The minimum atomic E-state index is -1.26. The van der Waals surface area contributed by atoms with E-state index in [-0.39, 0.29) is 0 Å². The number of benzene rings is 1. The highest BCUT2D eigenvalue weighted by Gasteiger charge is 2.01. The first-order chi connectivity index (χ1) is 8.59. The molecule has 1 aromatic rings. The lowest BCUT2D eigenvalue weighted by atomic mass is 10.1. The van der Waals surface area contributed by atoms with E-state index in [1.165, 1.54) is 5.56 Å². The van der Waals surface area contributed by atoms with Crippen LogP contribution in [0.3, 0.4) is 0 Å². The van der Waals surface area contributed by atoms with Crippen LogP contribution in [0, 0.1) is 0 Å². The molecule has 0 amide bonds. The van der Waals surface area contributed by atoms with Crippen molar-refractivity contribution in [3.8, 4) is 5.75 Å². The number of fused-ring (bicyclic) bond motifs is 1. The summed E-state index contributed by atoms with van der Waals surface area (Å²) < 4.78 is 5.34. The van der Waals surface area contributed by atoms with Gasteiger partial charge in [-0.3, -0.25) is 0 Å². The fourth-order valence-corrected chi connectivity index (χ4v) is 1.21. The van der Waals surface area contributed by atoms with Crippen molar-refractivity contribution >= 4 is 18.0 Å². The van der Waals surface area contributed by atoms with Gasteiger partial charge >= 0.3 is 11.9 Å². The summed E-state index contributed by atoms with van der Waals surface area (Å²) in [5, 5.41) is 15.6. The van der Waals surface area contributed by atoms with Crippen LogP contribution in [0.5, 0.6) is 5.75 Å². The first kappa shape index (κ1) is 13.5. The third-order valence-electron chi connectivity index (χ3n) is 1.92. The van der Waals surface area contributed by atoms with Crippen molar-refractivity contribution in [3.63, 3.8) is 0 Å². The lowest BCUT2D eigenvalue weighted by Gasteiger charge is -2.10. The molecule has 2 N–H and O–H groups in total. The maximum absolute atomic E-state index is 9.55. The second kappa shape index (κ2) is 6.90. The summed E-state index contributed by atoms with van der Waals surface area (Å²) in [6, 6.07) is 8.03. The van der Waals surface area contributed by atoms with Gasteiger partial charge in [0.1, 0.15) is 12.4 Å². The summed E-state index contributed by atoms with van der Waals surface area (Å²) in [4.78, 5) is 19.1. The van der Waals surface area contributed by atoms with Crippen LogP contribution in [0.1, 0.15) is 5.56 Å². The molecule has 0 spiro atoms. The smallest absolute Gasteiger partial charge is 0.328 e. The van der Waals surface area contributed by atoms with E-state index in [9.17, 15) is 9.59 Å². The maximum atomic E-state index is 9.55. The van der Waals surface area contributed by atoms with Crippen LogP contribution in [0.4, 0.5) is 0 Å². The van der Waals surface area contributed by atoms with Gasteiger partial charge in [-0.25, -0.2) is 9.59 Å². The SMILES string of the molecule is C1=Cc2ccccc2OC1.O=C(O)C=CC(=O)O. The quantitative estimate of drug-likeness (QED) is 0.780. The number of carboxylic acid groups (broad SMARTS) is 2. The molecule has 2 rings (SSSR count). The second-order valence-corrected chi connectivity index (χ2v) is 3.26. The molecule has 0 fully saturated rings. The monoisotopic (exact) mass is 248 g/mol. The Bertz CT molecular complexity index is 472. The highest BCUT2D eigenvalue weighted by Crippen LogP contribution is 2.21. The van der Waals surface area contributed by atoms with Crippen molar-refractivity contribution < 1.29 is 24.5 Å². The van der Waals surface area contributed by atoms with Gasteiger partial charge in [-0.05, 0) is 12.1 Å². The Morgan fingerprint density at radius 1 is 1.11 bits per heavy atom. The Morgan fingerprint density at radius 3 is 2.28 bits per heavy atom. The molecular weight excluding hydrogens is 236 g/mol. The van der Waals surface area contributed by atoms with Gasteiger partial charge in [-0.1, -0.05) is 24.3 Å². The predicted octanol–water partition coefficient (Wildman–Crippen LogP) is 1.80. The molecule has 1 aliphatic rings. The van der Waals surface area contributed by atoms with Crippen LogP contribution in [-0.2, 0) is 9.59 Å². The minimum absolute atomic E-state index is 0.558. The molecule has 5 heteroatoms. The van der Waals surface area contributed by atoms with Crippen molar-refractivity contribution in [2.45, 2.75) is 0 Å². The number of hydrogen-bond donors (Lipinski definition) is 2. The second-order valence-electron chi connectivity index (χ2n) is 3.26. The first-order valence-electron chi connectivity index (χ1n) is 5.12. The van der Waals surface area contributed by atoms with Crippen LogP contribution in [0.25, 0.3) is 6.08 Å². The number of hydrogen-bond acceptors (Lipinski definition) is 3. The third kappa shape index (κ3) is 4.98.